The maximum absolute atomic E-state index is 12.6. The summed E-state index contributed by atoms with van der Waals surface area (Å²) < 4.78 is 10.8. The van der Waals surface area contributed by atoms with Crippen LogP contribution in [0, 0.1) is 5.92 Å². The van der Waals surface area contributed by atoms with E-state index in [0.29, 0.717) is 36.4 Å². The standard InChI is InChI=1S/C23H27ClN4O3S/c24-20-9-2-1-8-19(20)22-26-21(31-27-22)15-28-11-3-6-17(14-28)23(29)25-10-5-13-32-16-18-7-4-12-30-18/h1-2,4,7-9,12,17H,3,5-6,10-11,13-16H2,(H,25,29). The Morgan fingerprint density at radius 3 is 3.03 bits per heavy atom. The Balaban J connectivity index is 1.19. The van der Waals surface area contributed by atoms with Crippen molar-refractivity contribution in [2.45, 2.75) is 31.6 Å². The molecule has 1 saturated heterocycles. The lowest BCUT2D eigenvalue weighted by atomic mass is 9.97. The number of amides is 1. The summed E-state index contributed by atoms with van der Waals surface area (Å²) in [6.45, 7) is 2.84. The van der Waals surface area contributed by atoms with E-state index in [1.165, 1.54) is 0 Å². The Morgan fingerprint density at radius 1 is 1.28 bits per heavy atom. The molecule has 3 heterocycles. The van der Waals surface area contributed by atoms with Gasteiger partial charge in [-0.25, -0.2) is 0 Å². The van der Waals surface area contributed by atoms with E-state index in [0.717, 1.165) is 48.6 Å². The van der Waals surface area contributed by atoms with Gasteiger partial charge in [0, 0.05) is 18.7 Å². The van der Waals surface area contributed by atoms with Crippen molar-refractivity contribution < 1.29 is 13.7 Å². The number of piperidine rings is 1. The number of carbonyl (C=O) groups excluding carboxylic acids is 1. The lowest BCUT2D eigenvalue weighted by Gasteiger charge is -2.30. The van der Waals surface area contributed by atoms with Gasteiger partial charge in [0.1, 0.15) is 5.76 Å². The number of aromatic nitrogens is 2. The Hall–Kier alpha value is -2.29. The Kier molecular flexibility index (Phi) is 8.25. The quantitative estimate of drug-likeness (QED) is 0.428. The molecule has 0 aliphatic carbocycles. The predicted octanol–water partition coefficient (Wildman–Crippen LogP) is 4.63. The van der Waals surface area contributed by atoms with E-state index in [1.807, 2.05) is 42.1 Å². The van der Waals surface area contributed by atoms with E-state index in [2.05, 4.69) is 20.4 Å². The van der Waals surface area contributed by atoms with Gasteiger partial charge in [-0.15, -0.1) is 0 Å². The van der Waals surface area contributed by atoms with Gasteiger partial charge in [-0.05, 0) is 55.8 Å². The monoisotopic (exact) mass is 474 g/mol. The smallest absolute Gasteiger partial charge is 0.241 e. The fourth-order valence-corrected chi connectivity index (χ4v) is 4.85. The molecule has 1 amide bonds. The van der Waals surface area contributed by atoms with Gasteiger partial charge in [0.15, 0.2) is 0 Å². The van der Waals surface area contributed by atoms with Gasteiger partial charge in [0.2, 0.25) is 17.6 Å². The molecule has 0 radical (unpaired) electrons. The minimum Gasteiger partial charge on any atom is -0.468 e. The van der Waals surface area contributed by atoms with Crippen molar-refractivity contribution in [3.05, 3.63) is 59.3 Å². The summed E-state index contributed by atoms with van der Waals surface area (Å²) in [5.74, 6) is 3.99. The van der Waals surface area contributed by atoms with Crippen molar-refractivity contribution in [1.29, 1.82) is 0 Å². The molecule has 170 valence electrons. The van der Waals surface area contributed by atoms with Crippen LogP contribution in [0.15, 0.2) is 51.6 Å². The molecule has 2 aromatic heterocycles. The molecule has 1 atom stereocenters. The fourth-order valence-electron chi connectivity index (χ4n) is 3.77. The van der Waals surface area contributed by atoms with Crippen molar-refractivity contribution in [3.63, 3.8) is 0 Å². The number of likely N-dealkylation sites (tertiary alicyclic amines) is 1. The van der Waals surface area contributed by atoms with Crippen molar-refractivity contribution in [1.82, 2.24) is 20.4 Å². The third-order valence-electron chi connectivity index (χ3n) is 5.41. The summed E-state index contributed by atoms with van der Waals surface area (Å²) in [6.07, 6.45) is 4.52. The average molecular weight is 475 g/mol. The predicted molar refractivity (Wildman–Crippen MR) is 125 cm³/mol. The second-order valence-electron chi connectivity index (χ2n) is 7.84. The number of furan rings is 1. The number of hydrogen-bond acceptors (Lipinski definition) is 7. The highest BCUT2D eigenvalue weighted by molar-refractivity contribution is 7.98. The first-order chi connectivity index (χ1) is 15.7. The number of carbonyl (C=O) groups is 1. The van der Waals surface area contributed by atoms with Crippen molar-refractivity contribution in [2.75, 3.05) is 25.4 Å². The molecular weight excluding hydrogens is 448 g/mol. The number of halogens is 1. The van der Waals surface area contributed by atoms with Gasteiger partial charge in [0.05, 0.1) is 29.5 Å². The van der Waals surface area contributed by atoms with Crippen molar-refractivity contribution in [3.8, 4) is 11.4 Å². The van der Waals surface area contributed by atoms with Gasteiger partial charge in [-0.1, -0.05) is 28.9 Å². The van der Waals surface area contributed by atoms with E-state index in [9.17, 15) is 4.79 Å². The molecule has 0 spiro atoms. The number of nitrogens with one attached hydrogen (secondary N) is 1. The zero-order valence-corrected chi connectivity index (χ0v) is 19.4. The van der Waals surface area contributed by atoms with Gasteiger partial charge in [0.25, 0.3) is 0 Å². The molecule has 1 N–H and O–H groups in total. The summed E-state index contributed by atoms with van der Waals surface area (Å²) in [4.78, 5) is 19.3. The summed E-state index contributed by atoms with van der Waals surface area (Å²) in [6, 6.07) is 11.3. The fraction of sp³-hybridized carbons (Fsp3) is 0.435. The Bertz CT molecular complexity index is 995. The lowest BCUT2D eigenvalue weighted by molar-refractivity contribution is -0.126. The summed E-state index contributed by atoms with van der Waals surface area (Å²) in [7, 11) is 0. The molecule has 4 rings (SSSR count). The van der Waals surface area contributed by atoms with Crippen LogP contribution in [0.25, 0.3) is 11.4 Å². The zero-order valence-electron chi connectivity index (χ0n) is 17.8. The van der Waals surface area contributed by atoms with Crippen LogP contribution in [-0.4, -0.2) is 46.3 Å². The van der Waals surface area contributed by atoms with Crippen molar-refractivity contribution in [2.24, 2.45) is 5.92 Å². The molecule has 1 unspecified atom stereocenters. The number of benzene rings is 1. The van der Waals surface area contributed by atoms with Gasteiger partial charge in [-0.3, -0.25) is 9.69 Å². The Labute approximate surface area is 196 Å². The molecular formula is C23H27ClN4O3S. The summed E-state index contributed by atoms with van der Waals surface area (Å²) in [5.41, 5.74) is 0.752. The first-order valence-corrected chi connectivity index (χ1v) is 12.4. The normalized spacial score (nSPS) is 16.8. The molecule has 0 saturated carbocycles. The summed E-state index contributed by atoms with van der Waals surface area (Å²) >= 11 is 8.04. The molecule has 9 heteroatoms. The molecule has 1 aliphatic heterocycles. The topological polar surface area (TPSA) is 84.4 Å². The molecule has 3 aromatic rings. The molecule has 32 heavy (non-hydrogen) atoms. The minimum absolute atomic E-state index is 0.00881. The highest BCUT2D eigenvalue weighted by Gasteiger charge is 2.26. The van der Waals surface area contributed by atoms with E-state index in [1.54, 1.807) is 12.3 Å². The number of rotatable bonds is 10. The van der Waals surface area contributed by atoms with Gasteiger partial charge in [-0.2, -0.15) is 16.7 Å². The number of hydrogen-bond donors (Lipinski definition) is 1. The van der Waals surface area contributed by atoms with Crippen LogP contribution in [-0.2, 0) is 17.1 Å². The van der Waals surface area contributed by atoms with Crippen LogP contribution in [0.5, 0.6) is 0 Å². The second kappa shape index (κ2) is 11.5. The minimum atomic E-state index is -0.00881. The Morgan fingerprint density at radius 2 is 2.19 bits per heavy atom. The first-order valence-electron chi connectivity index (χ1n) is 10.9. The van der Waals surface area contributed by atoms with Crippen LogP contribution in [0.1, 0.15) is 30.9 Å². The van der Waals surface area contributed by atoms with Crippen LogP contribution in [0.4, 0.5) is 0 Å². The zero-order chi connectivity index (χ0) is 22.2. The van der Waals surface area contributed by atoms with Gasteiger partial charge < -0.3 is 14.3 Å². The molecule has 0 bridgehead atoms. The first kappa shape index (κ1) is 22.9. The maximum atomic E-state index is 12.6. The highest BCUT2D eigenvalue weighted by Crippen LogP contribution is 2.25. The number of thioether (sulfide) groups is 1. The van der Waals surface area contributed by atoms with E-state index >= 15 is 0 Å². The van der Waals surface area contributed by atoms with E-state index in [-0.39, 0.29) is 11.8 Å². The van der Waals surface area contributed by atoms with Gasteiger partial charge >= 0.3 is 0 Å². The molecule has 1 fully saturated rings. The van der Waals surface area contributed by atoms with Crippen LogP contribution >= 0.6 is 23.4 Å². The average Bonchev–Trinajstić information content (AvgIpc) is 3.49. The van der Waals surface area contributed by atoms with Crippen LogP contribution < -0.4 is 5.32 Å². The van der Waals surface area contributed by atoms with E-state index in [4.69, 9.17) is 20.5 Å². The molecule has 1 aliphatic rings. The molecule has 7 nitrogen and oxygen atoms in total. The van der Waals surface area contributed by atoms with Crippen molar-refractivity contribution >= 4 is 29.3 Å². The second-order valence-corrected chi connectivity index (χ2v) is 9.35. The molecule has 1 aromatic carbocycles. The number of nitrogens with zero attached hydrogens (tertiary/aromatic N) is 3. The largest absolute Gasteiger partial charge is 0.468 e. The van der Waals surface area contributed by atoms with E-state index < -0.39 is 0 Å². The van der Waals surface area contributed by atoms with Crippen LogP contribution in [0.3, 0.4) is 0 Å². The summed E-state index contributed by atoms with van der Waals surface area (Å²) in [5, 5.41) is 7.75. The lowest BCUT2D eigenvalue weighted by Crippen LogP contribution is -2.43. The third-order valence-corrected chi connectivity index (χ3v) is 6.80. The maximum Gasteiger partial charge on any atom is 0.241 e. The SMILES string of the molecule is O=C(NCCCSCc1ccco1)C1CCCN(Cc2nc(-c3ccccc3Cl)no2)C1. The highest BCUT2D eigenvalue weighted by atomic mass is 35.5. The third kappa shape index (κ3) is 6.37. The van der Waals surface area contributed by atoms with Crippen LogP contribution in [0.2, 0.25) is 5.02 Å².